The maximum absolute atomic E-state index is 12.7. The molecule has 0 unspecified atom stereocenters. The predicted molar refractivity (Wildman–Crippen MR) is 118 cm³/mol. The lowest BCUT2D eigenvalue weighted by Gasteiger charge is -2.09. The minimum atomic E-state index is -0.649. The van der Waals surface area contributed by atoms with Crippen molar-refractivity contribution in [1.82, 2.24) is 9.99 Å². The molecule has 1 aromatic heterocycles. The molecule has 0 spiro atoms. The molecule has 0 saturated carbocycles. The van der Waals surface area contributed by atoms with Crippen LogP contribution in [-0.4, -0.2) is 36.0 Å². The molecule has 0 saturated heterocycles. The number of carbonyl (C=O) groups is 1. The molecule has 2 N–H and O–H groups in total. The Hall–Kier alpha value is -3.78. The summed E-state index contributed by atoms with van der Waals surface area (Å²) in [6.45, 7) is 0.299. The summed E-state index contributed by atoms with van der Waals surface area (Å²) in [5.41, 5.74) is 3.23. The smallest absolute Gasteiger partial charge is 0.276 e. The number of methoxy groups -OCH3 is 2. The second kappa shape index (κ2) is 9.82. The van der Waals surface area contributed by atoms with Gasteiger partial charge in [-0.05, 0) is 42.0 Å². The van der Waals surface area contributed by atoms with Gasteiger partial charge in [0.2, 0.25) is 5.75 Å². The summed E-state index contributed by atoms with van der Waals surface area (Å²) in [6.07, 6.45) is 2.95. The van der Waals surface area contributed by atoms with Crippen molar-refractivity contribution in [2.45, 2.75) is 6.54 Å². The molecule has 160 valence electrons. The Morgan fingerprint density at radius 1 is 1.16 bits per heavy atom. The summed E-state index contributed by atoms with van der Waals surface area (Å²) in [5, 5.41) is 14.4. The molecule has 0 aliphatic rings. The summed E-state index contributed by atoms with van der Waals surface area (Å²) in [4.78, 5) is 25.1. The van der Waals surface area contributed by atoms with Gasteiger partial charge in [0.1, 0.15) is 5.56 Å². The van der Waals surface area contributed by atoms with E-state index in [1.807, 2.05) is 12.1 Å². The van der Waals surface area contributed by atoms with Gasteiger partial charge in [-0.15, -0.1) is 0 Å². The van der Waals surface area contributed by atoms with E-state index in [1.165, 1.54) is 43.2 Å². The summed E-state index contributed by atoms with van der Waals surface area (Å²) in [7, 11) is 2.81. The first-order valence-electron chi connectivity index (χ1n) is 9.15. The predicted octanol–water partition coefficient (Wildman–Crippen LogP) is 3.04. The average molecular weight is 442 g/mol. The first-order chi connectivity index (χ1) is 14.9. The highest BCUT2D eigenvalue weighted by molar-refractivity contribution is 6.30. The zero-order chi connectivity index (χ0) is 22.4. The molecule has 0 aliphatic heterocycles. The molecule has 0 radical (unpaired) electrons. The number of aromatic hydroxyl groups is 1. The number of phenols is 1. The highest BCUT2D eigenvalue weighted by atomic mass is 35.5. The Morgan fingerprint density at radius 2 is 1.81 bits per heavy atom. The van der Waals surface area contributed by atoms with E-state index in [0.29, 0.717) is 17.1 Å². The number of halogens is 1. The standard InChI is InChI=1S/C22H20ClN3O5/c1-30-18-10-15(11-19(31-2)20(18)27)12-24-25-21(28)17-4-3-9-26(22(17)29)13-14-5-7-16(23)8-6-14/h3-12,27H,13H2,1-2H3,(H,25,28)/b24-12-. The Labute approximate surface area is 183 Å². The van der Waals surface area contributed by atoms with Crippen LogP contribution in [0.15, 0.2) is 64.6 Å². The number of pyridine rings is 1. The number of nitrogens with one attached hydrogen (secondary N) is 1. The van der Waals surface area contributed by atoms with Crippen molar-refractivity contribution in [3.8, 4) is 17.2 Å². The first kappa shape index (κ1) is 21.9. The van der Waals surface area contributed by atoms with Gasteiger partial charge in [0.15, 0.2) is 11.5 Å². The van der Waals surface area contributed by atoms with Gasteiger partial charge < -0.3 is 19.1 Å². The highest BCUT2D eigenvalue weighted by Gasteiger charge is 2.13. The fraction of sp³-hybridized carbons (Fsp3) is 0.136. The van der Waals surface area contributed by atoms with E-state index < -0.39 is 11.5 Å². The number of phenolic OH excluding ortho intramolecular Hbond substituents is 1. The molecule has 31 heavy (non-hydrogen) atoms. The Kier molecular flexibility index (Phi) is 6.94. The quantitative estimate of drug-likeness (QED) is 0.433. The van der Waals surface area contributed by atoms with Gasteiger partial charge >= 0.3 is 0 Å². The zero-order valence-electron chi connectivity index (χ0n) is 16.8. The highest BCUT2D eigenvalue weighted by Crippen LogP contribution is 2.36. The third kappa shape index (κ3) is 5.23. The van der Waals surface area contributed by atoms with Gasteiger partial charge in [0.25, 0.3) is 11.5 Å². The number of aromatic nitrogens is 1. The molecular formula is C22H20ClN3O5. The number of benzene rings is 2. The third-order valence-electron chi connectivity index (χ3n) is 4.41. The van der Waals surface area contributed by atoms with Crippen LogP contribution in [0, 0.1) is 0 Å². The van der Waals surface area contributed by atoms with E-state index in [0.717, 1.165) is 5.56 Å². The van der Waals surface area contributed by atoms with E-state index in [-0.39, 0.29) is 22.8 Å². The first-order valence-corrected chi connectivity index (χ1v) is 9.53. The van der Waals surface area contributed by atoms with Crippen molar-refractivity contribution >= 4 is 23.7 Å². The minimum absolute atomic E-state index is 0.0468. The maximum atomic E-state index is 12.7. The molecule has 0 bridgehead atoms. The SMILES string of the molecule is COc1cc(/C=N\NC(=O)c2cccn(Cc3ccc(Cl)cc3)c2=O)cc(OC)c1O. The van der Waals surface area contributed by atoms with Crippen LogP contribution in [0.2, 0.25) is 5.02 Å². The summed E-state index contributed by atoms with van der Waals surface area (Å²) in [6, 6.07) is 13.2. The van der Waals surface area contributed by atoms with Crippen LogP contribution in [0.4, 0.5) is 0 Å². The molecule has 0 atom stereocenters. The van der Waals surface area contributed by atoms with Gasteiger partial charge in [-0.1, -0.05) is 23.7 Å². The van der Waals surface area contributed by atoms with Crippen molar-refractivity contribution in [2.75, 3.05) is 14.2 Å². The number of carbonyl (C=O) groups excluding carboxylic acids is 1. The van der Waals surface area contributed by atoms with Crippen LogP contribution in [0.3, 0.4) is 0 Å². The fourth-order valence-electron chi connectivity index (χ4n) is 2.83. The monoisotopic (exact) mass is 441 g/mol. The van der Waals surface area contributed by atoms with Crippen molar-refractivity contribution < 1.29 is 19.4 Å². The number of rotatable bonds is 7. The zero-order valence-corrected chi connectivity index (χ0v) is 17.6. The van der Waals surface area contributed by atoms with E-state index in [1.54, 1.807) is 24.4 Å². The molecule has 8 nitrogen and oxygen atoms in total. The topological polar surface area (TPSA) is 102 Å². The van der Waals surface area contributed by atoms with Gasteiger partial charge in [-0.3, -0.25) is 9.59 Å². The lowest BCUT2D eigenvalue weighted by Crippen LogP contribution is -2.30. The second-order valence-electron chi connectivity index (χ2n) is 6.45. The van der Waals surface area contributed by atoms with Gasteiger partial charge in [0, 0.05) is 16.8 Å². The molecule has 1 heterocycles. The maximum Gasteiger partial charge on any atom is 0.276 e. The van der Waals surface area contributed by atoms with Crippen LogP contribution >= 0.6 is 11.6 Å². The molecule has 2 aromatic carbocycles. The molecular weight excluding hydrogens is 422 g/mol. The van der Waals surface area contributed by atoms with Crippen molar-refractivity contribution in [2.24, 2.45) is 5.10 Å². The lowest BCUT2D eigenvalue weighted by atomic mass is 10.2. The lowest BCUT2D eigenvalue weighted by molar-refractivity contribution is 0.0953. The Morgan fingerprint density at radius 3 is 2.42 bits per heavy atom. The number of hydrogen-bond acceptors (Lipinski definition) is 6. The van der Waals surface area contributed by atoms with Crippen LogP contribution in [0.25, 0.3) is 0 Å². The largest absolute Gasteiger partial charge is 0.502 e. The molecule has 9 heteroatoms. The van der Waals surface area contributed by atoms with Crippen molar-refractivity contribution in [1.29, 1.82) is 0 Å². The average Bonchev–Trinajstić information content (AvgIpc) is 2.77. The third-order valence-corrected chi connectivity index (χ3v) is 4.66. The van der Waals surface area contributed by atoms with E-state index in [9.17, 15) is 14.7 Å². The summed E-state index contributed by atoms with van der Waals surface area (Å²) in [5.74, 6) is -0.401. The molecule has 3 aromatic rings. The molecule has 0 fully saturated rings. The Bertz CT molecular complexity index is 1150. The summed E-state index contributed by atoms with van der Waals surface area (Å²) >= 11 is 5.89. The molecule has 3 rings (SSSR count). The summed E-state index contributed by atoms with van der Waals surface area (Å²) < 4.78 is 11.6. The van der Waals surface area contributed by atoms with E-state index in [2.05, 4.69) is 10.5 Å². The fourth-order valence-corrected chi connectivity index (χ4v) is 2.96. The van der Waals surface area contributed by atoms with Crippen LogP contribution < -0.4 is 20.5 Å². The van der Waals surface area contributed by atoms with Gasteiger partial charge in [0.05, 0.1) is 27.0 Å². The van der Waals surface area contributed by atoms with Gasteiger partial charge in [-0.25, -0.2) is 5.43 Å². The van der Waals surface area contributed by atoms with E-state index >= 15 is 0 Å². The minimum Gasteiger partial charge on any atom is -0.502 e. The second-order valence-corrected chi connectivity index (χ2v) is 6.89. The van der Waals surface area contributed by atoms with Crippen LogP contribution in [-0.2, 0) is 6.54 Å². The molecule has 1 amide bonds. The van der Waals surface area contributed by atoms with Crippen LogP contribution in [0.1, 0.15) is 21.5 Å². The number of nitrogens with zero attached hydrogens (tertiary/aromatic N) is 2. The number of ether oxygens (including phenoxy) is 2. The van der Waals surface area contributed by atoms with Crippen molar-refractivity contribution in [3.05, 3.63) is 86.8 Å². The van der Waals surface area contributed by atoms with Crippen LogP contribution in [0.5, 0.6) is 17.2 Å². The number of amides is 1. The number of hydrogen-bond donors (Lipinski definition) is 2. The number of hydrazone groups is 1. The molecule has 0 aliphatic carbocycles. The van der Waals surface area contributed by atoms with Gasteiger partial charge in [-0.2, -0.15) is 5.10 Å². The van der Waals surface area contributed by atoms with Crippen molar-refractivity contribution in [3.63, 3.8) is 0 Å². The Balaban J connectivity index is 1.75. The normalized spacial score (nSPS) is 10.8. The van der Waals surface area contributed by atoms with E-state index in [4.69, 9.17) is 21.1 Å².